The first-order valence-electron chi connectivity index (χ1n) is 8.13. The van der Waals surface area contributed by atoms with E-state index in [-0.39, 0.29) is 10.6 Å². The van der Waals surface area contributed by atoms with Gasteiger partial charge in [-0.3, -0.25) is 0 Å². The topological polar surface area (TPSA) is 61.8 Å². The molecule has 0 aliphatic rings. The summed E-state index contributed by atoms with van der Waals surface area (Å²) in [5.74, 6) is -1.45. The molecule has 25 heavy (non-hydrogen) atoms. The van der Waals surface area contributed by atoms with Crippen LogP contribution in [0, 0.1) is 0 Å². The van der Waals surface area contributed by atoms with E-state index < -0.39 is 20.3 Å². The summed E-state index contributed by atoms with van der Waals surface area (Å²) in [6.07, 6.45) is 1.47. The maximum absolute atomic E-state index is 11.8. The standard InChI is InChI=1S/C19H28O5Si/c1-19(2,3)25(6,7)24-13-15-10-8-9-14(11-15)12-16(17(20)22-4)18(21)23-5/h8-12H,13H2,1-7H3. The van der Waals surface area contributed by atoms with Crippen LogP contribution in [-0.2, 0) is 30.1 Å². The molecule has 1 aromatic carbocycles. The summed E-state index contributed by atoms with van der Waals surface area (Å²) in [5, 5.41) is 0.132. The molecule has 0 atom stereocenters. The lowest BCUT2D eigenvalue weighted by Crippen LogP contribution is -2.40. The maximum Gasteiger partial charge on any atom is 0.345 e. The molecular formula is C19H28O5Si. The van der Waals surface area contributed by atoms with Crippen LogP contribution in [0.4, 0.5) is 0 Å². The summed E-state index contributed by atoms with van der Waals surface area (Å²) in [6, 6.07) is 7.52. The lowest BCUT2D eigenvalue weighted by Gasteiger charge is -2.36. The molecule has 0 N–H and O–H groups in total. The van der Waals surface area contributed by atoms with Crippen LogP contribution >= 0.6 is 0 Å². The average Bonchev–Trinajstić information content (AvgIpc) is 2.56. The lowest BCUT2D eigenvalue weighted by atomic mass is 10.1. The van der Waals surface area contributed by atoms with Crippen LogP contribution in [0.15, 0.2) is 29.8 Å². The predicted molar refractivity (Wildman–Crippen MR) is 100 cm³/mol. The van der Waals surface area contributed by atoms with Crippen LogP contribution in [0.5, 0.6) is 0 Å². The van der Waals surface area contributed by atoms with E-state index in [4.69, 9.17) is 4.43 Å². The molecule has 0 fully saturated rings. The molecular weight excluding hydrogens is 336 g/mol. The van der Waals surface area contributed by atoms with Crippen LogP contribution < -0.4 is 0 Å². The summed E-state index contributed by atoms with van der Waals surface area (Å²) in [4.78, 5) is 23.5. The third kappa shape index (κ3) is 5.83. The van der Waals surface area contributed by atoms with Gasteiger partial charge in [-0.15, -0.1) is 0 Å². The number of ether oxygens (including phenoxy) is 2. The third-order valence-corrected chi connectivity index (χ3v) is 8.96. The maximum atomic E-state index is 11.8. The second kappa shape index (κ2) is 8.45. The minimum atomic E-state index is -1.85. The first-order chi connectivity index (χ1) is 11.5. The molecule has 1 rings (SSSR count). The quantitative estimate of drug-likeness (QED) is 0.252. The number of methoxy groups -OCH3 is 2. The fourth-order valence-electron chi connectivity index (χ4n) is 1.84. The van der Waals surface area contributed by atoms with Gasteiger partial charge in [0.25, 0.3) is 0 Å². The normalized spacial score (nSPS) is 11.6. The van der Waals surface area contributed by atoms with Crippen LogP contribution in [-0.4, -0.2) is 34.5 Å². The lowest BCUT2D eigenvalue weighted by molar-refractivity contribution is -0.143. The fraction of sp³-hybridized carbons (Fsp3) is 0.474. The van der Waals surface area contributed by atoms with Crippen molar-refractivity contribution in [3.63, 3.8) is 0 Å². The van der Waals surface area contributed by atoms with Crippen LogP contribution in [0.2, 0.25) is 18.1 Å². The van der Waals surface area contributed by atoms with Gasteiger partial charge in [0.05, 0.1) is 20.8 Å². The van der Waals surface area contributed by atoms with E-state index in [0.717, 1.165) is 5.56 Å². The van der Waals surface area contributed by atoms with Crippen LogP contribution in [0.3, 0.4) is 0 Å². The van der Waals surface area contributed by atoms with Crippen molar-refractivity contribution in [2.45, 2.75) is 45.5 Å². The van der Waals surface area contributed by atoms with Crippen molar-refractivity contribution in [2.24, 2.45) is 0 Å². The molecule has 0 aliphatic heterocycles. The molecule has 1 aromatic rings. The molecule has 0 radical (unpaired) electrons. The van der Waals surface area contributed by atoms with Crippen LogP contribution in [0.25, 0.3) is 6.08 Å². The zero-order chi connectivity index (χ0) is 19.3. The van der Waals surface area contributed by atoms with E-state index in [9.17, 15) is 9.59 Å². The Morgan fingerprint density at radius 2 is 1.64 bits per heavy atom. The Kier molecular flexibility index (Phi) is 7.13. The minimum Gasteiger partial charge on any atom is -0.465 e. The van der Waals surface area contributed by atoms with E-state index in [1.165, 1.54) is 20.3 Å². The molecule has 0 aromatic heterocycles. The molecule has 0 unspecified atom stereocenters. The van der Waals surface area contributed by atoms with Gasteiger partial charge in [0.1, 0.15) is 5.57 Å². The van der Waals surface area contributed by atoms with Crippen molar-refractivity contribution in [1.29, 1.82) is 0 Å². The van der Waals surface area contributed by atoms with Gasteiger partial charge < -0.3 is 13.9 Å². The van der Waals surface area contributed by atoms with Crippen LogP contribution in [0.1, 0.15) is 31.9 Å². The average molecular weight is 365 g/mol. The van der Waals surface area contributed by atoms with Crippen molar-refractivity contribution in [3.05, 3.63) is 41.0 Å². The second-order valence-electron chi connectivity index (χ2n) is 7.34. The van der Waals surface area contributed by atoms with Crippen molar-refractivity contribution in [3.8, 4) is 0 Å². The summed E-state index contributed by atoms with van der Waals surface area (Å²) in [5.41, 5.74) is 1.54. The van der Waals surface area contributed by atoms with E-state index in [2.05, 4.69) is 43.3 Å². The summed E-state index contributed by atoms with van der Waals surface area (Å²) >= 11 is 0. The van der Waals surface area contributed by atoms with Gasteiger partial charge in [0.2, 0.25) is 0 Å². The van der Waals surface area contributed by atoms with E-state index in [1.807, 2.05) is 24.3 Å². The Morgan fingerprint density at radius 1 is 1.08 bits per heavy atom. The Bertz CT molecular complexity index is 638. The first kappa shape index (κ1) is 21.1. The molecule has 0 saturated carbocycles. The minimum absolute atomic E-state index is 0.132. The van der Waals surface area contributed by atoms with Crippen molar-refractivity contribution < 1.29 is 23.5 Å². The van der Waals surface area contributed by atoms with Gasteiger partial charge in [-0.05, 0) is 41.4 Å². The number of rotatable bonds is 6. The molecule has 5 nitrogen and oxygen atoms in total. The monoisotopic (exact) mass is 364 g/mol. The summed E-state index contributed by atoms with van der Waals surface area (Å²) < 4.78 is 15.5. The predicted octanol–water partition coefficient (Wildman–Crippen LogP) is 3.94. The molecule has 6 heteroatoms. The highest BCUT2D eigenvalue weighted by Gasteiger charge is 2.37. The van der Waals surface area contributed by atoms with Gasteiger partial charge in [0, 0.05) is 0 Å². The van der Waals surface area contributed by atoms with E-state index >= 15 is 0 Å². The van der Waals surface area contributed by atoms with Gasteiger partial charge in [-0.2, -0.15) is 0 Å². The van der Waals surface area contributed by atoms with E-state index in [0.29, 0.717) is 12.2 Å². The number of esters is 2. The van der Waals surface area contributed by atoms with Gasteiger partial charge in [-0.1, -0.05) is 39.0 Å². The SMILES string of the molecule is COC(=O)C(=Cc1cccc(CO[Si](C)(C)C(C)(C)C)c1)C(=O)OC. The first-order valence-corrected chi connectivity index (χ1v) is 11.0. The van der Waals surface area contributed by atoms with Crippen molar-refractivity contribution in [1.82, 2.24) is 0 Å². The Labute approximate surface area is 151 Å². The largest absolute Gasteiger partial charge is 0.465 e. The summed E-state index contributed by atoms with van der Waals surface area (Å²) in [7, 11) is 0.602. The highest BCUT2D eigenvalue weighted by Crippen LogP contribution is 2.37. The summed E-state index contributed by atoms with van der Waals surface area (Å²) in [6.45, 7) is 11.5. The number of hydrogen-bond acceptors (Lipinski definition) is 5. The Balaban J connectivity index is 3.02. The zero-order valence-electron chi connectivity index (χ0n) is 16.1. The molecule has 138 valence electrons. The fourth-order valence-corrected chi connectivity index (χ4v) is 2.80. The molecule has 0 saturated heterocycles. The highest BCUT2D eigenvalue weighted by atomic mass is 28.4. The molecule has 0 spiro atoms. The van der Waals surface area contributed by atoms with Gasteiger partial charge >= 0.3 is 11.9 Å². The third-order valence-electron chi connectivity index (χ3n) is 4.48. The van der Waals surface area contributed by atoms with Crippen molar-refractivity contribution in [2.75, 3.05) is 14.2 Å². The number of carbonyl (C=O) groups is 2. The smallest absolute Gasteiger partial charge is 0.345 e. The van der Waals surface area contributed by atoms with Crippen molar-refractivity contribution >= 4 is 26.3 Å². The number of hydrogen-bond donors (Lipinski definition) is 0. The second-order valence-corrected chi connectivity index (χ2v) is 12.1. The van der Waals surface area contributed by atoms with E-state index in [1.54, 1.807) is 0 Å². The number of benzene rings is 1. The van der Waals surface area contributed by atoms with Gasteiger partial charge in [0.15, 0.2) is 8.32 Å². The molecule has 0 bridgehead atoms. The molecule has 0 aliphatic carbocycles. The highest BCUT2D eigenvalue weighted by molar-refractivity contribution is 6.74. The zero-order valence-corrected chi connectivity index (χ0v) is 17.1. The number of carbonyl (C=O) groups excluding carboxylic acids is 2. The Morgan fingerprint density at radius 3 is 2.12 bits per heavy atom. The molecule has 0 heterocycles. The van der Waals surface area contributed by atoms with Gasteiger partial charge in [-0.25, -0.2) is 9.59 Å². The Hall–Kier alpha value is -1.92. The molecule has 0 amide bonds.